The summed E-state index contributed by atoms with van der Waals surface area (Å²) < 4.78 is 5.45. The first-order valence-corrected chi connectivity index (χ1v) is 9.31. The van der Waals surface area contributed by atoms with Crippen molar-refractivity contribution < 1.29 is 18.8 Å². The fraction of sp³-hybridized carbons (Fsp3) is 0.550. The number of nitrogens with zero attached hydrogens (tertiary/aromatic N) is 2. The Bertz CT molecular complexity index is 746. The number of hydrogen-bond donors (Lipinski definition) is 2. The molecule has 1 amide bonds. The third-order valence-corrected chi connectivity index (χ3v) is 5.35. The molecule has 1 aromatic carbocycles. The van der Waals surface area contributed by atoms with Crippen LogP contribution in [0.15, 0.2) is 12.1 Å². The van der Waals surface area contributed by atoms with Crippen molar-refractivity contribution in [2.75, 3.05) is 39.6 Å². The van der Waals surface area contributed by atoms with E-state index in [0.717, 1.165) is 25.9 Å². The number of likely N-dealkylation sites (tertiary alicyclic amines) is 1. The minimum atomic E-state index is -0.582. The van der Waals surface area contributed by atoms with Gasteiger partial charge in [-0.15, -0.1) is 0 Å². The third-order valence-electron chi connectivity index (χ3n) is 5.35. The number of esters is 1. The number of amides is 1. The van der Waals surface area contributed by atoms with Gasteiger partial charge in [-0.05, 0) is 57.4 Å². The van der Waals surface area contributed by atoms with Gasteiger partial charge in [0.15, 0.2) is 0 Å². The average molecular weight is 373 g/mol. The molecule has 1 saturated heterocycles. The Labute approximate surface area is 160 Å². The lowest BCUT2D eigenvalue weighted by molar-refractivity contribution is -0.926. The van der Waals surface area contributed by atoms with Gasteiger partial charge in [0.05, 0.1) is 50.1 Å². The minimum absolute atomic E-state index is 0.191. The van der Waals surface area contributed by atoms with Gasteiger partial charge in [0.1, 0.15) is 0 Å². The lowest BCUT2D eigenvalue weighted by Gasteiger charge is -2.39. The van der Waals surface area contributed by atoms with Gasteiger partial charge in [0.25, 0.3) is 5.91 Å². The maximum Gasteiger partial charge on any atom is 0.340 e. The number of likely N-dealkylation sites (N-methyl/N-ethyl adjacent to an activating group) is 2. The van der Waals surface area contributed by atoms with Crippen molar-refractivity contribution in [1.82, 2.24) is 5.32 Å². The monoisotopic (exact) mass is 373 g/mol. The molecule has 1 atom stereocenters. The zero-order chi connectivity index (χ0) is 20.0. The van der Waals surface area contributed by atoms with Crippen molar-refractivity contribution in [3.8, 4) is 6.07 Å². The van der Waals surface area contributed by atoms with Crippen LogP contribution in [-0.2, 0) is 9.53 Å². The normalized spacial score (nSPS) is 17.3. The molecule has 1 aliphatic rings. The van der Waals surface area contributed by atoms with Crippen LogP contribution in [0.4, 0.5) is 5.69 Å². The van der Waals surface area contributed by atoms with Crippen LogP contribution in [0.25, 0.3) is 0 Å². The van der Waals surface area contributed by atoms with Crippen molar-refractivity contribution in [3.05, 3.63) is 28.8 Å². The van der Waals surface area contributed by atoms with Gasteiger partial charge >= 0.3 is 5.97 Å². The quantitative estimate of drug-likeness (QED) is 0.610. The Kier molecular flexibility index (Phi) is 6.94. The largest absolute Gasteiger partial charge is 0.465 e. The van der Waals surface area contributed by atoms with E-state index in [0.29, 0.717) is 21.3 Å². The fourth-order valence-corrected chi connectivity index (χ4v) is 3.88. The van der Waals surface area contributed by atoms with E-state index in [9.17, 15) is 9.59 Å². The highest BCUT2D eigenvalue weighted by atomic mass is 16.5. The van der Waals surface area contributed by atoms with E-state index in [1.807, 2.05) is 6.07 Å². The number of benzene rings is 1. The van der Waals surface area contributed by atoms with Crippen molar-refractivity contribution in [3.63, 3.8) is 0 Å². The van der Waals surface area contributed by atoms with Crippen molar-refractivity contribution >= 4 is 17.6 Å². The lowest BCUT2D eigenvalue weighted by Crippen LogP contribution is -2.63. The maximum atomic E-state index is 13.1. The van der Waals surface area contributed by atoms with Gasteiger partial charge in [-0.2, -0.15) is 5.26 Å². The predicted molar refractivity (Wildman–Crippen MR) is 103 cm³/mol. The summed E-state index contributed by atoms with van der Waals surface area (Å²) in [4.78, 5) is 25.3. The zero-order valence-corrected chi connectivity index (χ0v) is 16.6. The third kappa shape index (κ3) is 4.65. The SMILES string of the molecule is CNC(C(=O)Nc1c(C)cc(C#N)cc1C(=O)OC)[N+]1(C)CCCCCC1. The number of carbonyl (C=O) groups excluding carboxylic acids is 2. The molecule has 1 aromatic rings. The van der Waals surface area contributed by atoms with Crippen LogP contribution in [-0.4, -0.2) is 56.8 Å². The van der Waals surface area contributed by atoms with E-state index < -0.39 is 12.1 Å². The molecule has 0 aromatic heterocycles. The smallest absolute Gasteiger partial charge is 0.340 e. The highest BCUT2D eigenvalue weighted by Crippen LogP contribution is 2.25. The Balaban J connectivity index is 2.35. The van der Waals surface area contributed by atoms with Crippen LogP contribution < -0.4 is 10.6 Å². The first kappa shape index (κ1) is 20.9. The second-order valence-corrected chi connectivity index (χ2v) is 7.34. The molecule has 0 aliphatic carbocycles. The number of ether oxygens (including phenoxy) is 1. The number of rotatable bonds is 5. The maximum absolute atomic E-state index is 13.1. The Hall–Kier alpha value is -2.43. The molecular formula is C20H29N4O3+. The van der Waals surface area contributed by atoms with E-state index in [4.69, 9.17) is 10.00 Å². The number of anilines is 1. The van der Waals surface area contributed by atoms with Crippen LogP contribution in [0.1, 0.15) is 47.2 Å². The Morgan fingerprint density at radius 2 is 1.85 bits per heavy atom. The summed E-state index contributed by atoms with van der Waals surface area (Å²) in [7, 11) is 5.16. The van der Waals surface area contributed by atoms with Crippen LogP contribution >= 0.6 is 0 Å². The number of carbonyl (C=O) groups is 2. The summed E-state index contributed by atoms with van der Waals surface area (Å²) in [5.74, 6) is -0.776. The van der Waals surface area contributed by atoms with E-state index in [2.05, 4.69) is 17.7 Å². The van der Waals surface area contributed by atoms with E-state index in [1.54, 1.807) is 20.0 Å². The number of quaternary nitrogens is 1. The molecule has 146 valence electrons. The van der Waals surface area contributed by atoms with Gasteiger partial charge in [-0.25, -0.2) is 4.79 Å². The molecule has 0 saturated carbocycles. The van der Waals surface area contributed by atoms with E-state index >= 15 is 0 Å². The molecule has 0 bridgehead atoms. The van der Waals surface area contributed by atoms with Crippen molar-refractivity contribution in [1.29, 1.82) is 5.26 Å². The van der Waals surface area contributed by atoms with E-state index in [1.165, 1.54) is 26.0 Å². The fourth-order valence-electron chi connectivity index (χ4n) is 3.88. The summed E-state index contributed by atoms with van der Waals surface area (Å²) in [5, 5.41) is 15.2. The molecule has 1 aliphatic heterocycles. The Morgan fingerprint density at radius 3 is 2.37 bits per heavy atom. The summed E-state index contributed by atoms with van der Waals surface area (Å²) in [6, 6.07) is 5.13. The van der Waals surface area contributed by atoms with Crippen molar-refractivity contribution in [2.45, 2.75) is 38.8 Å². The minimum Gasteiger partial charge on any atom is -0.465 e. The number of nitriles is 1. The molecule has 27 heavy (non-hydrogen) atoms. The van der Waals surface area contributed by atoms with Gasteiger partial charge in [-0.3, -0.25) is 10.1 Å². The zero-order valence-electron chi connectivity index (χ0n) is 16.6. The van der Waals surface area contributed by atoms with E-state index in [-0.39, 0.29) is 11.5 Å². The number of aryl methyl sites for hydroxylation is 1. The van der Waals surface area contributed by atoms with Crippen LogP contribution in [0.5, 0.6) is 0 Å². The highest BCUT2D eigenvalue weighted by Gasteiger charge is 2.38. The summed E-state index contributed by atoms with van der Waals surface area (Å²) >= 11 is 0. The molecule has 1 heterocycles. The van der Waals surface area contributed by atoms with Gasteiger partial charge in [0, 0.05) is 0 Å². The molecule has 1 unspecified atom stereocenters. The molecule has 2 rings (SSSR count). The lowest BCUT2D eigenvalue weighted by atomic mass is 10.0. The second kappa shape index (κ2) is 8.98. The van der Waals surface area contributed by atoms with Gasteiger partial charge in [0.2, 0.25) is 6.17 Å². The summed E-state index contributed by atoms with van der Waals surface area (Å²) in [6.45, 7) is 3.61. The van der Waals surface area contributed by atoms with Crippen LogP contribution in [0.3, 0.4) is 0 Å². The number of methoxy groups -OCH3 is 1. The Morgan fingerprint density at radius 1 is 1.22 bits per heavy atom. The molecule has 7 heteroatoms. The molecule has 0 radical (unpaired) electrons. The molecule has 1 fully saturated rings. The molecule has 7 nitrogen and oxygen atoms in total. The second-order valence-electron chi connectivity index (χ2n) is 7.34. The first-order valence-electron chi connectivity index (χ1n) is 9.31. The van der Waals surface area contributed by atoms with Crippen LogP contribution in [0, 0.1) is 18.3 Å². The number of nitrogens with one attached hydrogen (secondary N) is 2. The van der Waals surface area contributed by atoms with Gasteiger partial charge < -0.3 is 14.5 Å². The van der Waals surface area contributed by atoms with Crippen LogP contribution in [0.2, 0.25) is 0 Å². The predicted octanol–water partition coefficient (Wildman–Crippen LogP) is 2.16. The highest BCUT2D eigenvalue weighted by molar-refractivity contribution is 6.03. The average Bonchev–Trinajstić information content (AvgIpc) is 2.88. The molecular weight excluding hydrogens is 344 g/mol. The number of hydrogen-bond acceptors (Lipinski definition) is 5. The summed E-state index contributed by atoms with van der Waals surface area (Å²) in [6.07, 6.45) is 4.13. The first-order chi connectivity index (χ1) is 12.9. The van der Waals surface area contributed by atoms with Crippen molar-refractivity contribution in [2.24, 2.45) is 0 Å². The topological polar surface area (TPSA) is 91.2 Å². The summed E-state index contributed by atoms with van der Waals surface area (Å²) in [5.41, 5.74) is 1.59. The molecule has 0 spiro atoms. The standard InChI is InChI=1S/C20H28N4O3/c1-14-11-15(13-21)12-16(20(26)27-4)17(14)23-19(25)18(22-2)24(3)9-7-5-6-8-10-24/h11-12,18,22H,5-10H2,1-4H3/p+1. The van der Waals surface area contributed by atoms with Gasteiger partial charge in [-0.1, -0.05) is 0 Å². The molecule has 2 N–H and O–H groups in total.